The van der Waals surface area contributed by atoms with E-state index in [1.807, 2.05) is 19.9 Å². The molecular formula is C23H27N5O6S3. The van der Waals surface area contributed by atoms with Crippen molar-refractivity contribution in [2.45, 2.75) is 51.4 Å². The van der Waals surface area contributed by atoms with Gasteiger partial charge in [-0.05, 0) is 32.8 Å². The number of anilines is 1. The fourth-order valence-electron chi connectivity index (χ4n) is 4.84. The lowest BCUT2D eigenvalue weighted by molar-refractivity contribution is 0.0679. The van der Waals surface area contributed by atoms with E-state index in [2.05, 4.69) is 24.5 Å². The zero-order chi connectivity index (χ0) is 26.3. The molecule has 1 saturated carbocycles. The second-order valence-corrected chi connectivity index (χ2v) is 13.0. The smallest absolute Gasteiger partial charge is 0.333 e. The summed E-state index contributed by atoms with van der Waals surface area (Å²) in [5.41, 5.74) is 2.17. The molecule has 0 saturated heterocycles. The third kappa shape index (κ3) is 5.74. The largest absolute Gasteiger partial charge is 0.393 e. The molecule has 14 heteroatoms. The molecular weight excluding hydrogens is 538 g/mol. The molecule has 3 aromatic heterocycles. The highest BCUT2D eigenvalue weighted by Crippen LogP contribution is 2.40. The Labute approximate surface area is 222 Å². The molecule has 1 aliphatic heterocycles. The maximum atomic E-state index is 13.6. The number of ketones is 1. The van der Waals surface area contributed by atoms with Crippen LogP contribution in [0.1, 0.15) is 60.2 Å². The number of aliphatic hydroxyl groups is 1. The molecule has 5 rings (SSSR count). The molecule has 0 bridgehead atoms. The van der Waals surface area contributed by atoms with Crippen molar-refractivity contribution in [3.8, 4) is 0 Å². The van der Waals surface area contributed by atoms with E-state index in [1.165, 1.54) is 28.7 Å². The van der Waals surface area contributed by atoms with E-state index in [1.54, 1.807) is 11.3 Å². The van der Waals surface area contributed by atoms with Gasteiger partial charge in [0, 0.05) is 39.9 Å². The lowest BCUT2D eigenvalue weighted by Crippen LogP contribution is -2.24. The van der Waals surface area contributed by atoms with Crippen LogP contribution in [0.4, 0.5) is 5.82 Å². The third-order valence-electron chi connectivity index (χ3n) is 6.56. The lowest BCUT2D eigenvalue weighted by Gasteiger charge is -2.22. The van der Waals surface area contributed by atoms with Crippen LogP contribution in [0.15, 0.2) is 18.6 Å². The van der Waals surface area contributed by atoms with Crippen molar-refractivity contribution in [1.29, 1.82) is 0 Å². The van der Waals surface area contributed by atoms with Gasteiger partial charge in [-0.2, -0.15) is 8.42 Å². The van der Waals surface area contributed by atoms with Crippen LogP contribution in [0.3, 0.4) is 0 Å². The number of thiophene rings is 1. The fourth-order valence-corrected chi connectivity index (χ4v) is 7.15. The van der Waals surface area contributed by atoms with Crippen molar-refractivity contribution in [2.75, 3.05) is 18.5 Å². The highest BCUT2D eigenvalue weighted by molar-refractivity contribution is 7.84. The number of fused-ring (bicyclic) bond motifs is 1. The summed E-state index contributed by atoms with van der Waals surface area (Å²) in [6.45, 7) is 4.35. The molecule has 0 spiro atoms. The van der Waals surface area contributed by atoms with Crippen LogP contribution < -0.4 is 10.5 Å². The van der Waals surface area contributed by atoms with Gasteiger partial charge in [0.25, 0.3) is 0 Å². The van der Waals surface area contributed by atoms with Gasteiger partial charge in [0.2, 0.25) is 5.78 Å². The van der Waals surface area contributed by atoms with Crippen molar-refractivity contribution < 1.29 is 27.2 Å². The number of carbonyl (C=O) groups is 1. The fraction of sp³-hybridized carbons (Fsp3) is 0.478. The lowest BCUT2D eigenvalue weighted by atomic mass is 10.0. The molecule has 0 unspecified atom stereocenters. The van der Waals surface area contributed by atoms with E-state index >= 15 is 0 Å². The summed E-state index contributed by atoms with van der Waals surface area (Å²) in [4.78, 5) is 29.3. The number of rotatable bonds is 8. The van der Waals surface area contributed by atoms with Gasteiger partial charge in [-0.1, -0.05) is 0 Å². The number of nitrogens with two attached hydrogens (primary N) is 1. The number of aliphatic hydroxyl groups excluding tert-OH is 1. The van der Waals surface area contributed by atoms with Crippen LogP contribution >= 0.6 is 22.7 Å². The van der Waals surface area contributed by atoms with Crippen molar-refractivity contribution in [1.82, 2.24) is 15.0 Å². The molecule has 1 fully saturated rings. The number of aryl methyl sites for hydroxylation is 2. The maximum Gasteiger partial charge on any atom is 0.333 e. The summed E-state index contributed by atoms with van der Waals surface area (Å²) >= 11 is 3.08. The highest BCUT2D eigenvalue weighted by Gasteiger charge is 2.35. The Kier molecular flexibility index (Phi) is 7.42. The van der Waals surface area contributed by atoms with Gasteiger partial charge >= 0.3 is 10.3 Å². The quantitative estimate of drug-likeness (QED) is 0.345. The van der Waals surface area contributed by atoms with E-state index in [0.717, 1.165) is 27.6 Å². The predicted molar refractivity (Wildman–Crippen MR) is 138 cm³/mol. The second kappa shape index (κ2) is 10.4. The molecule has 0 aromatic carbocycles. The van der Waals surface area contributed by atoms with Crippen LogP contribution in [0, 0.1) is 19.8 Å². The van der Waals surface area contributed by atoms with Gasteiger partial charge < -0.3 is 15.2 Å². The Morgan fingerprint density at radius 1 is 1.32 bits per heavy atom. The molecule has 4 atom stereocenters. The average Bonchev–Trinajstić information content (AvgIpc) is 3.52. The van der Waals surface area contributed by atoms with Crippen molar-refractivity contribution >= 4 is 44.6 Å². The summed E-state index contributed by atoms with van der Waals surface area (Å²) in [5, 5.41) is 19.5. The zero-order valence-electron chi connectivity index (χ0n) is 20.2. The monoisotopic (exact) mass is 565 g/mol. The van der Waals surface area contributed by atoms with Crippen LogP contribution in [0.2, 0.25) is 0 Å². The number of ether oxygens (including phenoxy) is 1. The first-order valence-electron chi connectivity index (χ1n) is 11.7. The normalized spacial score (nSPS) is 23.7. The van der Waals surface area contributed by atoms with E-state index in [0.29, 0.717) is 35.7 Å². The summed E-state index contributed by atoms with van der Waals surface area (Å²) in [5.74, 6) is -0.293. The molecule has 1 aliphatic carbocycles. The van der Waals surface area contributed by atoms with Gasteiger partial charge in [0.05, 0.1) is 40.5 Å². The third-order valence-corrected chi connectivity index (χ3v) is 9.14. The first kappa shape index (κ1) is 26.3. The van der Waals surface area contributed by atoms with E-state index in [9.17, 15) is 18.3 Å². The second-order valence-electron chi connectivity index (χ2n) is 9.20. The Balaban J connectivity index is 1.34. The molecule has 2 aliphatic rings. The maximum absolute atomic E-state index is 13.6. The van der Waals surface area contributed by atoms with Gasteiger partial charge in [-0.15, -0.1) is 22.7 Å². The van der Waals surface area contributed by atoms with Crippen LogP contribution in [0.5, 0.6) is 0 Å². The zero-order valence-corrected chi connectivity index (χ0v) is 22.7. The number of hydrogen-bond acceptors (Lipinski definition) is 12. The Bertz CT molecular complexity index is 1420. The molecule has 3 aromatic rings. The molecule has 4 heterocycles. The highest BCUT2D eigenvalue weighted by atomic mass is 32.2. The number of carbonyl (C=O) groups excluding carboxylic acids is 1. The van der Waals surface area contributed by atoms with Gasteiger partial charge in [0.1, 0.15) is 18.2 Å². The van der Waals surface area contributed by atoms with E-state index in [-0.39, 0.29) is 24.5 Å². The van der Waals surface area contributed by atoms with Crippen LogP contribution in [-0.4, -0.2) is 59.6 Å². The number of thiazole rings is 1. The minimum absolute atomic E-state index is 0.214. The minimum Gasteiger partial charge on any atom is -0.393 e. The summed E-state index contributed by atoms with van der Waals surface area (Å²) in [6, 6.07) is 1.63. The number of aromatic nitrogens is 3. The van der Waals surface area contributed by atoms with Crippen molar-refractivity contribution in [3.05, 3.63) is 55.1 Å². The summed E-state index contributed by atoms with van der Waals surface area (Å²) in [7, 11) is -4.09. The predicted octanol–water partition coefficient (Wildman–Crippen LogP) is 2.28. The first-order chi connectivity index (χ1) is 17.6. The SMILES string of the molecule is Cc1nc2c(s1)CCO[C@H]2c1cc(C(=O)c2cncnc2N[C@@H]2C[C@H](COS(N)(=O)=O)[C@@H](O)C2)sc1C. The minimum atomic E-state index is -4.09. The van der Waals surface area contributed by atoms with Crippen LogP contribution in [0.25, 0.3) is 0 Å². The van der Waals surface area contributed by atoms with Crippen molar-refractivity contribution in [2.24, 2.45) is 11.1 Å². The summed E-state index contributed by atoms with van der Waals surface area (Å²) < 4.78 is 32.9. The number of hydrogen-bond donors (Lipinski definition) is 3. The van der Waals surface area contributed by atoms with Crippen molar-refractivity contribution in [3.63, 3.8) is 0 Å². The molecule has 4 N–H and O–H groups in total. The Morgan fingerprint density at radius 2 is 2.14 bits per heavy atom. The molecule has 198 valence electrons. The Hall–Kier alpha value is -2.33. The number of nitrogens with one attached hydrogen (secondary N) is 1. The molecule has 0 radical (unpaired) electrons. The van der Waals surface area contributed by atoms with Gasteiger partial charge in [0.15, 0.2) is 0 Å². The Morgan fingerprint density at radius 3 is 2.92 bits per heavy atom. The van der Waals surface area contributed by atoms with Gasteiger partial charge in [-0.3, -0.25) is 8.98 Å². The molecule has 37 heavy (non-hydrogen) atoms. The summed E-state index contributed by atoms with van der Waals surface area (Å²) in [6.07, 6.45) is 3.34. The number of nitrogens with zero attached hydrogens (tertiary/aromatic N) is 3. The molecule has 11 nitrogen and oxygen atoms in total. The van der Waals surface area contributed by atoms with E-state index < -0.39 is 22.3 Å². The topological polar surface area (TPSA) is 167 Å². The van der Waals surface area contributed by atoms with Gasteiger partial charge in [-0.25, -0.2) is 20.1 Å². The molecule has 0 amide bonds. The van der Waals surface area contributed by atoms with E-state index in [4.69, 9.17) is 9.88 Å². The van der Waals surface area contributed by atoms with Crippen LogP contribution in [-0.2, 0) is 25.6 Å². The average molecular weight is 566 g/mol. The standard InChI is InChI=1S/C23H27N5O6S3/c1-11-15(22-20-18(3-4-33-22)36-12(2)27-20)7-19(35-11)21(30)16-8-25-10-26-23(16)28-14-5-13(17(29)6-14)9-34-37(24,31)32/h7-8,10,13-14,17,22,29H,3-6,9H2,1-2H3,(H2,24,31,32)(H,25,26,28)/t13-,14-,17+,22+/m1/s1. The first-order valence-corrected chi connectivity index (χ1v) is 14.8.